The minimum Gasteiger partial charge on any atom is -0.0967 e. The van der Waals surface area contributed by atoms with Gasteiger partial charge in [-0.15, -0.1) is 0 Å². The molecule has 0 amide bonds. The summed E-state index contributed by atoms with van der Waals surface area (Å²) >= 11 is 0. The molecule has 0 aliphatic heterocycles. The van der Waals surface area contributed by atoms with Crippen molar-refractivity contribution in [3.63, 3.8) is 0 Å². The van der Waals surface area contributed by atoms with Gasteiger partial charge in [0, 0.05) is 0 Å². The van der Waals surface area contributed by atoms with Crippen LogP contribution in [0.2, 0.25) is 0 Å². The minimum absolute atomic E-state index is 0.663. The highest BCUT2D eigenvalue weighted by Gasteiger charge is 2.02. The summed E-state index contributed by atoms with van der Waals surface area (Å²) in [5.74, 6) is 0.663. The van der Waals surface area contributed by atoms with Gasteiger partial charge in [-0.2, -0.15) is 0 Å². The van der Waals surface area contributed by atoms with Gasteiger partial charge >= 0.3 is 0 Å². The van der Waals surface area contributed by atoms with Gasteiger partial charge in [0.2, 0.25) is 0 Å². The fourth-order valence-electron chi connectivity index (χ4n) is 1.42. The molecule has 0 saturated heterocycles. The van der Waals surface area contributed by atoms with Gasteiger partial charge in [-0.05, 0) is 17.9 Å². The van der Waals surface area contributed by atoms with E-state index in [1.165, 1.54) is 18.4 Å². The van der Waals surface area contributed by atoms with E-state index in [-0.39, 0.29) is 0 Å². The van der Waals surface area contributed by atoms with Gasteiger partial charge in [-0.3, -0.25) is 0 Å². The second kappa shape index (κ2) is 4.35. The predicted octanol–water partition coefficient (Wildman–Crippen LogP) is 2.38. The summed E-state index contributed by atoms with van der Waals surface area (Å²) < 4.78 is 0. The highest BCUT2D eigenvalue weighted by atomic mass is 14.1. The summed E-state index contributed by atoms with van der Waals surface area (Å²) in [6, 6.07) is 8.19. The first-order chi connectivity index (χ1) is 5.74. The van der Waals surface area contributed by atoms with Gasteiger partial charge in [0.25, 0.3) is 0 Å². The van der Waals surface area contributed by atoms with Crippen molar-refractivity contribution in [3.8, 4) is 0 Å². The van der Waals surface area contributed by atoms with E-state index in [0.717, 1.165) is 5.46 Å². The molecule has 2 radical (unpaired) electrons. The van der Waals surface area contributed by atoms with Crippen LogP contribution in [0.4, 0.5) is 0 Å². The SMILES string of the molecule is [B]c1ccc(C(C)CCC)cc1. The van der Waals surface area contributed by atoms with Gasteiger partial charge in [0.1, 0.15) is 7.85 Å². The summed E-state index contributed by atoms with van der Waals surface area (Å²) in [6.07, 6.45) is 2.50. The highest BCUT2D eigenvalue weighted by Crippen LogP contribution is 2.18. The third-order valence-corrected chi connectivity index (χ3v) is 2.23. The van der Waals surface area contributed by atoms with Crippen LogP contribution < -0.4 is 5.46 Å². The van der Waals surface area contributed by atoms with Crippen LogP contribution in [0, 0.1) is 0 Å². The van der Waals surface area contributed by atoms with E-state index in [9.17, 15) is 0 Å². The Hall–Kier alpha value is -0.715. The Kier molecular flexibility index (Phi) is 3.39. The number of benzene rings is 1. The maximum absolute atomic E-state index is 5.60. The topological polar surface area (TPSA) is 0 Å². The average Bonchev–Trinajstić information content (AvgIpc) is 2.06. The Morgan fingerprint density at radius 1 is 1.25 bits per heavy atom. The molecule has 0 bridgehead atoms. The first-order valence-corrected chi connectivity index (χ1v) is 4.59. The van der Waals surface area contributed by atoms with Crippen molar-refractivity contribution < 1.29 is 0 Å². The lowest BCUT2D eigenvalue weighted by Crippen LogP contribution is -2.02. The van der Waals surface area contributed by atoms with Crippen molar-refractivity contribution >= 4 is 13.3 Å². The zero-order chi connectivity index (χ0) is 8.97. The number of hydrogen-bond donors (Lipinski definition) is 0. The normalized spacial score (nSPS) is 12.8. The molecule has 0 fully saturated rings. The lowest BCUT2D eigenvalue weighted by atomic mass is 9.91. The van der Waals surface area contributed by atoms with E-state index in [1.54, 1.807) is 0 Å². The van der Waals surface area contributed by atoms with Gasteiger partial charge in [0.15, 0.2) is 0 Å². The first-order valence-electron chi connectivity index (χ1n) is 4.59. The molecule has 1 aromatic carbocycles. The molecule has 0 aliphatic carbocycles. The fraction of sp³-hybridized carbons (Fsp3) is 0.455. The van der Waals surface area contributed by atoms with Gasteiger partial charge in [0.05, 0.1) is 0 Å². The molecule has 0 nitrogen and oxygen atoms in total. The molecular formula is C11H15B. The smallest absolute Gasteiger partial charge is 0.0967 e. The van der Waals surface area contributed by atoms with Crippen LogP contribution in [-0.4, -0.2) is 7.85 Å². The second-order valence-corrected chi connectivity index (χ2v) is 3.36. The highest BCUT2D eigenvalue weighted by molar-refractivity contribution is 6.32. The van der Waals surface area contributed by atoms with Crippen molar-refractivity contribution in [3.05, 3.63) is 29.8 Å². The molecule has 1 unspecified atom stereocenters. The second-order valence-electron chi connectivity index (χ2n) is 3.36. The van der Waals surface area contributed by atoms with Crippen molar-refractivity contribution in [1.82, 2.24) is 0 Å². The minimum atomic E-state index is 0.663. The third kappa shape index (κ3) is 2.40. The Morgan fingerprint density at radius 3 is 2.33 bits per heavy atom. The van der Waals surface area contributed by atoms with Crippen LogP contribution in [0.5, 0.6) is 0 Å². The van der Waals surface area contributed by atoms with E-state index < -0.39 is 0 Å². The molecule has 1 atom stereocenters. The number of hydrogen-bond acceptors (Lipinski definition) is 0. The lowest BCUT2D eigenvalue weighted by Gasteiger charge is -2.10. The fourth-order valence-corrected chi connectivity index (χ4v) is 1.42. The lowest BCUT2D eigenvalue weighted by molar-refractivity contribution is 0.665. The van der Waals surface area contributed by atoms with E-state index in [2.05, 4.69) is 26.0 Å². The Morgan fingerprint density at radius 2 is 1.83 bits per heavy atom. The van der Waals surface area contributed by atoms with E-state index >= 15 is 0 Å². The molecule has 0 N–H and O–H groups in total. The quantitative estimate of drug-likeness (QED) is 0.592. The van der Waals surface area contributed by atoms with Crippen molar-refractivity contribution in [2.45, 2.75) is 32.6 Å². The summed E-state index contributed by atoms with van der Waals surface area (Å²) in [6.45, 7) is 4.48. The van der Waals surface area contributed by atoms with Crippen LogP contribution in [0.15, 0.2) is 24.3 Å². The summed E-state index contributed by atoms with van der Waals surface area (Å²) in [5.41, 5.74) is 2.24. The first kappa shape index (κ1) is 9.37. The van der Waals surface area contributed by atoms with Crippen molar-refractivity contribution in [2.75, 3.05) is 0 Å². The van der Waals surface area contributed by atoms with Crippen molar-refractivity contribution in [2.24, 2.45) is 0 Å². The zero-order valence-corrected chi connectivity index (χ0v) is 7.88. The molecule has 0 saturated carbocycles. The molecule has 1 heteroatoms. The number of rotatable bonds is 3. The van der Waals surface area contributed by atoms with Crippen LogP contribution in [0.3, 0.4) is 0 Å². The van der Waals surface area contributed by atoms with E-state index in [4.69, 9.17) is 7.85 Å². The summed E-state index contributed by atoms with van der Waals surface area (Å²) in [7, 11) is 5.60. The van der Waals surface area contributed by atoms with Gasteiger partial charge in [-0.1, -0.05) is 50.0 Å². The third-order valence-electron chi connectivity index (χ3n) is 2.23. The predicted molar refractivity (Wildman–Crippen MR) is 55.2 cm³/mol. The van der Waals surface area contributed by atoms with Crippen molar-refractivity contribution in [1.29, 1.82) is 0 Å². The van der Waals surface area contributed by atoms with Crippen LogP contribution in [-0.2, 0) is 0 Å². The van der Waals surface area contributed by atoms with Crippen LogP contribution in [0.25, 0.3) is 0 Å². The summed E-state index contributed by atoms with van der Waals surface area (Å²) in [5, 5.41) is 0. The van der Waals surface area contributed by atoms with Crippen LogP contribution >= 0.6 is 0 Å². The molecule has 0 aliphatic rings. The maximum atomic E-state index is 5.60. The molecule has 0 aromatic heterocycles. The Labute approximate surface area is 76.4 Å². The van der Waals surface area contributed by atoms with Gasteiger partial charge in [-0.25, -0.2) is 0 Å². The van der Waals surface area contributed by atoms with Crippen LogP contribution in [0.1, 0.15) is 38.2 Å². The maximum Gasteiger partial charge on any atom is 0.113 e. The molecule has 12 heavy (non-hydrogen) atoms. The molecule has 1 aromatic rings. The monoisotopic (exact) mass is 158 g/mol. The zero-order valence-electron chi connectivity index (χ0n) is 7.88. The average molecular weight is 158 g/mol. The Balaban J connectivity index is 2.68. The largest absolute Gasteiger partial charge is 0.113 e. The Bertz CT molecular complexity index is 225. The molecule has 0 heterocycles. The standard InChI is InChI=1S/C11H15B/c1-3-4-9(2)10-5-7-11(12)8-6-10/h5-9H,3-4H2,1-2H3. The van der Waals surface area contributed by atoms with E-state index in [0.29, 0.717) is 5.92 Å². The van der Waals surface area contributed by atoms with E-state index in [1.807, 2.05) is 12.1 Å². The molecule has 0 spiro atoms. The molecule has 62 valence electrons. The molecular weight excluding hydrogens is 143 g/mol. The summed E-state index contributed by atoms with van der Waals surface area (Å²) in [4.78, 5) is 0. The van der Waals surface area contributed by atoms with Gasteiger partial charge < -0.3 is 0 Å². The molecule has 1 rings (SSSR count).